The van der Waals surface area contributed by atoms with Gasteiger partial charge in [0.1, 0.15) is 0 Å². The number of allylic oxidation sites excluding steroid dienone is 10. The van der Waals surface area contributed by atoms with E-state index < -0.39 is 0 Å². The number of benzene rings is 3. The Morgan fingerprint density at radius 3 is 2.37 bits per heavy atom. The van der Waals surface area contributed by atoms with Gasteiger partial charge in [0.15, 0.2) is 0 Å². The normalized spacial score (nSPS) is 17.5. The van der Waals surface area contributed by atoms with Gasteiger partial charge in [0.25, 0.3) is 0 Å². The second-order valence-corrected chi connectivity index (χ2v) is 16.3. The molecule has 0 N–H and O–H groups in total. The summed E-state index contributed by atoms with van der Waals surface area (Å²) in [7, 11) is 0. The molecule has 11 rings (SSSR count). The van der Waals surface area contributed by atoms with E-state index in [0.29, 0.717) is 0 Å². The average molecular weight is 716 g/mol. The van der Waals surface area contributed by atoms with Crippen molar-refractivity contribution in [2.75, 3.05) is 0 Å². The highest BCUT2D eigenvalue weighted by Crippen LogP contribution is 2.43. The fourth-order valence-electron chi connectivity index (χ4n) is 9.33. The molecule has 0 aliphatic heterocycles. The third-order valence-corrected chi connectivity index (χ3v) is 13.3. The summed E-state index contributed by atoms with van der Waals surface area (Å²) in [5, 5.41) is 4.94. The summed E-state index contributed by atoms with van der Waals surface area (Å²) in [6.45, 7) is 0. The number of rotatable bonds is 5. The van der Waals surface area contributed by atoms with Crippen LogP contribution in [0.15, 0.2) is 114 Å². The zero-order valence-electron chi connectivity index (χ0n) is 30.4. The third-order valence-electron chi connectivity index (χ3n) is 12.0. The van der Waals surface area contributed by atoms with Crippen LogP contribution in [0.25, 0.3) is 73.5 Å². The first-order chi connectivity index (χ1) is 26.8. The summed E-state index contributed by atoms with van der Waals surface area (Å²) in [6, 6.07) is 24.7. The topological polar surface area (TPSA) is 30.7 Å². The molecule has 5 aliphatic carbocycles. The molecular formula is C50H41N3S. The first-order valence-corrected chi connectivity index (χ1v) is 20.6. The number of hydrogen-bond donors (Lipinski definition) is 0. The Kier molecular flexibility index (Phi) is 7.72. The molecule has 54 heavy (non-hydrogen) atoms. The maximum absolute atomic E-state index is 5.51. The Morgan fingerprint density at radius 1 is 0.611 bits per heavy atom. The van der Waals surface area contributed by atoms with E-state index >= 15 is 0 Å². The molecule has 0 amide bonds. The Hall–Kier alpha value is -5.58. The molecule has 0 saturated heterocycles. The molecule has 3 aromatic heterocycles. The van der Waals surface area contributed by atoms with Crippen LogP contribution in [-0.2, 0) is 12.8 Å². The van der Waals surface area contributed by atoms with Gasteiger partial charge in [-0.3, -0.25) is 4.57 Å². The van der Waals surface area contributed by atoms with Gasteiger partial charge in [-0.2, -0.15) is 0 Å². The first kappa shape index (κ1) is 31.9. The molecule has 262 valence electrons. The maximum atomic E-state index is 5.51. The van der Waals surface area contributed by atoms with Crippen LogP contribution in [0.2, 0.25) is 0 Å². The van der Waals surface area contributed by atoms with Gasteiger partial charge < -0.3 is 0 Å². The molecule has 4 heteroatoms. The van der Waals surface area contributed by atoms with E-state index in [0.717, 1.165) is 81.2 Å². The molecule has 0 unspecified atom stereocenters. The lowest BCUT2D eigenvalue weighted by Gasteiger charge is -2.21. The largest absolute Gasteiger partial charge is 0.282 e. The van der Waals surface area contributed by atoms with E-state index in [1.807, 2.05) is 11.3 Å². The fourth-order valence-corrected chi connectivity index (χ4v) is 10.7. The number of aromatic nitrogens is 3. The molecule has 0 radical (unpaired) electrons. The number of aryl methyl sites for hydroxylation is 1. The zero-order valence-corrected chi connectivity index (χ0v) is 31.3. The third kappa shape index (κ3) is 5.30. The van der Waals surface area contributed by atoms with Crippen LogP contribution in [-0.4, -0.2) is 14.5 Å². The van der Waals surface area contributed by atoms with E-state index in [2.05, 4.69) is 132 Å². The van der Waals surface area contributed by atoms with Crippen molar-refractivity contribution in [1.82, 2.24) is 14.5 Å². The summed E-state index contributed by atoms with van der Waals surface area (Å²) in [4.78, 5) is 12.4. The van der Waals surface area contributed by atoms with Crippen LogP contribution < -0.4 is 10.6 Å². The number of thiophene rings is 1. The molecule has 5 aliphatic rings. The van der Waals surface area contributed by atoms with E-state index in [-0.39, 0.29) is 0 Å². The van der Waals surface area contributed by atoms with Crippen molar-refractivity contribution < 1.29 is 0 Å². The van der Waals surface area contributed by atoms with Crippen LogP contribution in [0, 0.1) is 0 Å². The highest BCUT2D eigenvalue weighted by molar-refractivity contribution is 7.20. The molecule has 6 aromatic rings. The second kappa shape index (κ2) is 13.1. The van der Waals surface area contributed by atoms with Gasteiger partial charge >= 0.3 is 0 Å². The Balaban J connectivity index is 1.02. The van der Waals surface area contributed by atoms with Crippen molar-refractivity contribution in [2.24, 2.45) is 0 Å². The Labute approximate surface area is 320 Å². The van der Waals surface area contributed by atoms with Gasteiger partial charge in [-0.25, -0.2) is 9.97 Å². The first-order valence-electron chi connectivity index (χ1n) is 19.8. The minimum Gasteiger partial charge on any atom is -0.282 e. The van der Waals surface area contributed by atoms with Crippen molar-refractivity contribution >= 4 is 67.8 Å². The molecule has 0 bridgehead atoms. The minimum atomic E-state index is 0.799. The summed E-state index contributed by atoms with van der Waals surface area (Å²) in [5.41, 5.74) is 15.8. The second-order valence-electron chi connectivity index (χ2n) is 15.2. The van der Waals surface area contributed by atoms with E-state index in [4.69, 9.17) is 9.97 Å². The lowest BCUT2D eigenvalue weighted by atomic mass is 9.85. The number of hydrogen-bond acceptors (Lipinski definition) is 3. The SMILES string of the molecule is C1=Cc2c(sc3c(-c4ccc5c(c4)c4c(n5-c5nc(C6=CC=C(C7=CC(c8ccccc8)=CCC7)CC6)c6c(n5)=CCCC=6)CCC=C4)cccc23)CC1. The summed E-state index contributed by atoms with van der Waals surface area (Å²) in [5.74, 6) is 0.799. The molecule has 3 nitrogen and oxygen atoms in total. The molecule has 0 fully saturated rings. The number of nitrogens with zero attached hydrogens (tertiary/aromatic N) is 3. The number of fused-ring (bicyclic) bond motifs is 7. The molecule has 0 saturated carbocycles. The molecule has 3 heterocycles. The maximum Gasteiger partial charge on any atom is 0.235 e. The summed E-state index contributed by atoms with van der Waals surface area (Å²) >= 11 is 1.98. The highest BCUT2D eigenvalue weighted by atomic mass is 32.1. The van der Waals surface area contributed by atoms with Crippen LogP contribution in [0.4, 0.5) is 0 Å². The highest BCUT2D eigenvalue weighted by Gasteiger charge is 2.24. The summed E-state index contributed by atoms with van der Waals surface area (Å²) < 4.78 is 3.78. The molecule has 0 atom stereocenters. The summed E-state index contributed by atoms with van der Waals surface area (Å²) in [6.07, 6.45) is 34.1. The molecule has 3 aromatic carbocycles. The quantitative estimate of drug-likeness (QED) is 0.178. The van der Waals surface area contributed by atoms with Crippen molar-refractivity contribution in [3.63, 3.8) is 0 Å². The molecule has 0 spiro atoms. The minimum absolute atomic E-state index is 0.799. The van der Waals surface area contributed by atoms with Crippen molar-refractivity contribution in [1.29, 1.82) is 0 Å². The van der Waals surface area contributed by atoms with Gasteiger partial charge in [-0.05, 0) is 121 Å². The zero-order chi connectivity index (χ0) is 35.6. The van der Waals surface area contributed by atoms with Crippen molar-refractivity contribution in [3.8, 4) is 17.1 Å². The fraction of sp³-hybridized carbons (Fsp3) is 0.200. The van der Waals surface area contributed by atoms with Crippen molar-refractivity contribution in [3.05, 3.63) is 158 Å². The van der Waals surface area contributed by atoms with Gasteiger partial charge in [-0.15, -0.1) is 11.3 Å². The van der Waals surface area contributed by atoms with Gasteiger partial charge in [0.2, 0.25) is 5.95 Å². The average Bonchev–Trinajstić information content (AvgIpc) is 3.79. The van der Waals surface area contributed by atoms with E-state index in [1.165, 1.54) is 86.9 Å². The van der Waals surface area contributed by atoms with Crippen LogP contribution in [0.5, 0.6) is 0 Å². The monoisotopic (exact) mass is 715 g/mol. The van der Waals surface area contributed by atoms with E-state index in [9.17, 15) is 0 Å². The predicted octanol–water partition coefficient (Wildman–Crippen LogP) is 11.5. The van der Waals surface area contributed by atoms with Gasteiger partial charge in [-0.1, -0.05) is 115 Å². The standard InChI is InChI=1S/C50H41N3S/c1-2-12-32(13-3-1)35-14-10-15-36(30-35)33-24-26-34(27-25-33)48-42-18-4-7-21-44(42)51-50(52-48)53-45-22-8-5-16-39(45)43-31-37(28-29-46(43)53)38-19-11-20-41-40-17-6-9-23-47(40)54-49(38)41/h1-3,5-6,11-14,16-21,24,26,28-31H,4,7-10,15,22-23,25,27H2. The van der Waals surface area contributed by atoms with Gasteiger partial charge in [0, 0.05) is 36.8 Å². The smallest absolute Gasteiger partial charge is 0.235 e. The van der Waals surface area contributed by atoms with Crippen LogP contribution in [0.3, 0.4) is 0 Å². The Morgan fingerprint density at radius 2 is 1.46 bits per heavy atom. The van der Waals surface area contributed by atoms with Crippen molar-refractivity contribution in [2.45, 2.75) is 64.2 Å². The van der Waals surface area contributed by atoms with E-state index in [1.54, 1.807) is 0 Å². The molecular weight excluding hydrogens is 675 g/mol. The van der Waals surface area contributed by atoms with Crippen LogP contribution >= 0.6 is 11.3 Å². The lowest BCUT2D eigenvalue weighted by molar-refractivity contribution is 0.829. The van der Waals surface area contributed by atoms with Gasteiger partial charge in [0.05, 0.1) is 16.6 Å². The van der Waals surface area contributed by atoms with Crippen LogP contribution in [0.1, 0.15) is 84.3 Å². The lowest BCUT2D eigenvalue weighted by Crippen LogP contribution is -2.36. The predicted molar refractivity (Wildman–Crippen MR) is 229 cm³/mol. The Bertz CT molecular complexity index is 2870.